The van der Waals surface area contributed by atoms with E-state index < -0.39 is 0 Å². The molecular weight excluding hydrogens is 270 g/mol. The molecule has 1 fully saturated rings. The van der Waals surface area contributed by atoms with Crippen molar-refractivity contribution in [1.82, 2.24) is 4.90 Å². The highest BCUT2D eigenvalue weighted by Gasteiger charge is 2.21. The maximum atomic E-state index is 12.6. The molecule has 0 aliphatic carbocycles. The standard InChI is InChI=1S/C16H19NO4/c1-11(2)21-15-10-12(9-14-13(15)3-6-20-14)16(18)17-4-7-19-8-5-17/h3,6,9-11H,4-5,7-8H2,1-2H3. The highest BCUT2D eigenvalue weighted by molar-refractivity contribution is 5.99. The van der Waals surface area contributed by atoms with E-state index >= 15 is 0 Å². The number of carbonyl (C=O) groups is 1. The van der Waals surface area contributed by atoms with Gasteiger partial charge in [0.05, 0.1) is 31.0 Å². The van der Waals surface area contributed by atoms with E-state index in [2.05, 4.69) is 0 Å². The summed E-state index contributed by atoms with van der Waals surface area (Å²) in [5.41, 5.74) is 1.26. The minimum atomic E-state index is -0.00907. The topological polar surface area (TPSA) is 51.9 Å². The van der Waals surface area contributed by atoms with Crippen LogP contribution in [-0.2, 0) is 4.74 Å². The van der Waals surface area contributed by atoms with Gasteiger partial charge in [0.25, 0.3) is 5.91 Å². The minimum Gasteiger partial charge on any atom is -0.490 e. The van der Waals surface area contributed by atoms with Gasteiger partial charge >= 0.3 is 0 Å². The molecule has 1 aromatic heterocycles. The number of benzene rings is 1. The zero-order valence-corrected chi connectivity index (χ0v) is 12.3. The first kappa shape index (κ1) is 13.9. The number of nitrogens with zero attached hydrogens (tertiary/aromatic N) is 1. The molecule has 1 aromatic carbocycles. The van der Waals surface area contributed by atoms with Gasteiger partial charge in [-0.3, -0.25) is 4.79 Å². The highest BCUT2D eigenvalue weighted by atomic mass is 16.5. The molecule has 0 N–H and O–H groups in total. The summed E-state index contributed by atoms with van der Waals surface area (Å²) in [6.45, 7) is 6.34. The summed E-state index contributed by atoms with van der Waals surface area (Å²) in [5.74, 6) is 0.679. The molecule has 0 bridgehead atoms. The third kappa shape index (κ3) is 2.88. The summed E-state index contributed by atoms with van der Waals surface area (Å²) in [4.78, 5) is 14.4. The Morgan fingerprint density at radius 2 is 2.05 bits per heavy atom. The van der Waals surface area contributed by atoms with Crippen LogP contribution in [0.15, 0.2) is 28.9 Å². The van der Waals surface area contributed by atoms with E-state index in [1.807, 2.05) is 19.9 Å². The third-order valence-electron chi connectivity index (χ3n) is 3.44. The van der Waals surface area contributed by atoms with Crippen LogP contribution in [0.2, 0.25) is 0 Å². The molecule has 1 aliphatic heterocycles. The van der Waals surface area contributed by atoms with Crippen molar-refractivity contribution in [1.29, 1.82) is 0 Å². The van der Waals surface area contributed by atoms with Crippen LogP contribution in [0.5, 0.6) is 5.75 Å². The Kier molecular flexibility index (Phi) is 3.84. The second-order valence-electron chi connectivity index (χ2n) is 5.38. The Morgan fingerprint density at radius 1 is 1.29 bits per heavy atom. The SMILES string of the molecule is CC(C)Oc1cc(C(=O)N2CCOCC2)cc2occc12. The van der Waals surface area contributed by atoms with E-state index in [0.29, 0.717) is 43.2 Å². The fourth-order valence-corrected chi connectivity index (χ4v) is 2.46. The lowest BCUT2D eigenvalue weighted by atomic mass is 10.1. The van der Waals surface area contributed by atoms with Gasteiger partial charge in [-0.05, 0) is 32.0 Å². The van der Waals surface area contributed by atoms with Crippen molar-refractivity contribution in [3.8, 4) is 5.75 Å². The van der Waals surface area contributed by atoms with Crippen molar-refractivity contribution >= 4 is 16.9 Å². The number of morpholine rings is 1. The molecule has 2 heterocycles. The molecule has 0 unspecified atom stereocenters. The molecule has 21 heavy (non-hydrogen) atoms. The number of fused-ring (bicyclic) bond motifs is 1. The van der Waals surface area contributed by atoms with Crippen molar-refractivity contribution in [2.24, 2.45) is 0 Å². The number of hydrogen-bond donors (Lipinski definition) is 0. The first-order valence-electron chi connectivity index (χ1n) is 7.20. The first-order chi connectivity index (χ1) is 10.1. The molecule has 2 aromatic rings. The van der Waals surface area contributed by atoms with E-state index in [-0.39, 0.29) is 12.0 Å². The van der Waals surface area contributed by atoms with Crippen molar-refractivity contribution in [2.75, 3.05) is 26.3 Å². The van der Waals surface area contributed by atoms with Crippen LogP contribution in [0.25, 0.3) is 11.0 Å². The smallest absolute Gasteiger partial charge is 0.254 e. The van der Waals surface area contributed by atoms with Gasteiger partial charge in [0, 0.05) is 18.7 Å². The van der Waals surface area contributed by atoms with Gasteiger partial charge in [-0.2, -0.15) is 0 Å². The van der Waals surface area contributed by atoms with Gasteiger partial charge in [0.2, 0.25) is 0 Å². The van der Waals surface area contributed by atoms with E-state index in [1.54, 1.807) is 23.3 Å². The van der Waals surface area contributed by atoms with Gasteiger partial charge in [-0.15, -0.1) is 0 Å². The average molecular weight is 289 g/mol. The highest BCUT2D eigenvalue weighted by Crippen LogP contribution is 2.30. The molecule has 1 amide bonds. The largest absolute Gasteiger partial charge is 0.490 e. The summed E-state index contributed by atoms with van der Waals surface area (Å²) in [7, 11) is 0. The fourth-order valence-electron chi connectivity index (χ4n) is 2.46. The molecule has 1 saturated heterocycles. The molecule has 112 valence electrons. The second-order valence-corrected chi connectivity index (χ2v) is 5.38. The predicted octanol–water partition coefficient (Wildman–Crippen LogP) is 2.69. The van der Waals surface area contributed by atoms with E-state index in [4.69, 9.17) is 13.9 Å². The lowest BCUT2D eigenvalue weighted by Crippen LogP contribution is -2.40. The second kappa shape index (κ2) is 5.77. The molecule has 5 nitrogen and oxygen atoms in total. The van der Waals surface area contributed by atoms with E-state index in [9.17, 15) is 4.79 Å². The summed E-state index contributed by atoms with van der Waals surface area (Å²) in [6.07, 6.45) is 1.65. The van der Waals surface area contributed by atoms with Crippen molar-refractivity contribution in [2.45, 2.75) is 20.0 Å². The maximum absolute atomic E-state index is 12.6. The van der Waals surface area contributed by atoms with Crippen molar-refractivity contribution in [3.05, 3.63) is 30.0 Å². The normalized spacial score (nSPS) is 15.7. The summed E-state index contributed by atoms with van der Waals surface area (Å²) < 4.78 is 16.5. The number of furan rings is 1. The molecule has 3 rings (SSSR count). The Labute approximate surface area is 123 Å². The quantitative estimate of drug-likeness (QED) is 0.871. The van der Waals surface area contributed by atoms with Crippen LogP contribution < -0.4 is 4.74 Å². The average Bonchev–Trinajstić information content (AvgIpc) is 2.95. The minimum absolute atomic E-state index is 0.00907. The van der Waals surface area contributed by atoms with Gasteiger partial charge in [-0.25, -0.2) is 0 Å². The van der Waals surface area contributed by atoms with E-state index in [0.717, 1.165) is 5.39 Å². The number of rotatable bonds is 3. The van der Waals surface area contributed by atoms with Gasteiger partial charge in [0.15, 0.2) is 0 Å². The monoisotopic (exact) mass is 289 g/mol. The zero-order valence-electron chi connectivity index (χ0n) is 12.3. The van der Waals surface area contributed by atoms with Crippen LogP contribution in [0, 0.1) is 0 Å². The lowest BCUT2D eigenvalue weighted by Gasteiger charge is -2.27. The van der Waals surface area contributed by atoms with Gasteiger partial charge in [-0.1, -0.05) is 0 Å². The first-order valence-corrected chi connectivity index (χ1v) is 7.20. The van der Waals surface area contributed by atoms with Crippen LogP contribution in [0.3, 0.4) is 0 Å². The number of carbonyl (C=O) groups excluding carboxylic acids is 1. The predicted molar refractivity (Wildman–Crippen MR) is 78.7 cm³/mol. The summed E-state index contributed by atoms with van der Waals surface area (Å²) in [5, 5.41) is 0.891. The number of hydrogen-bond acceptors (Lipinski definition) is 4. The molecule has 0 atom stereocenters. The Bertz CT molecular complexity index is 641. The third-order valence-corrected chi connectivity index (χ3v) is 3.44. The van der Waals surface area contributed by atoms with Crippen molar-refractivity contribution in [3.63, 3.8) is 0 Å². The van der Waals surface area contributed by atoms with Crippen LogP contribution in [0.1, 0.15) is 24.2 Å². The maximum Gasteiger partial charge on any atom is 0.254 e. The lowest BCUT2D eigenvalue weighted by molar-refractivity contribution is 0.0302. The van der Waals surface area contributed by atoms with Gasteiger partial charge < -0.3 is 18.8 Å². The Hall–Kier alpha value is -2.01. The van der Waals surface area contributed by atoms with Gasteiger partial charge in [0.1, 0.15) is 11.3 Å². The fraction of sp³-hybridized carbons (Fsp3) is 0.438. The summed E-state index contributed by atoms with van der Waals surface area (Å²) in [6, 6.07) is 5.44. The number of amides is 1. The molecule has 5 heteroatoms. The van der Waals surface area contributed by atoms with Crippen LogP contribution >= 0.6 is 0 Å². The molecular formula is C16H19NO4. The van der Waals surface area contributed by atoms with E-state index in [1.165, 1.54) is 0 Å². The summed E-state index contributed by atoms with van der Waals surface area (Å²) >= 11 is 0. The molecule has 0 saturated carbocycles. The van der Waals surface area contributed by atoms with Crippen LogP contribution in [0.4, 0.5) is 0 Å². The van der Waals surface area contributed by atoms with Crippen molar-refractivity contribution < 1.29 is 18.7 Å². The Balaban J connectivity index is 1.95. The molecule has 1 aliphatic rings. The van der Waals surface area contributed by atoms with Crippen LogP contribution in [-0.4, -0.2) is 43.2 Å². The number of ether oxygens (including phenoxy) is 2. The zero-order chi connectivity index (χ0) is 14.8. The molecule has 0 radical (unpaired) electrons. The Morgan fingerprint density at radius 3 is 2.76 bits per heavy atom. The molecule has 0 spiro atoms.